The molecule has 1 saturated heterocycles. The van der Waals surface area contributed by atoms with Gasteiger partial charge in [-0.15, -0.1) is 0 Å². The molecule has 4 rings (SSSR count). The molecule has 0 aliphatic carbocycles. The quantitative estimate of drug-likeness (QED) is 0.693. The maximum absolute atomic E-state index is 13.4. The van der Waals surface area contributed by atoms with Gasteiger partial charge in [-0.3, -0.25) is 14.5 Å². The molecule has 0 unspecified atom stereocenters. The van der Waals surface area contributed by atoms with E-state index < -0.39 is 15.9 Å². The Bertz CT molecular complexity index is 1180. The summed E-state index contributed by atoms with van der Waals surface area (Å²) in [5.74, 6) is -0.0882. The van der Waals surface area contributed by atoms with Crippen LogP contribution in [-0.2, 0) is 19.6 Å². The van der Waals surface area contributed by atoms with Crippen molar-refractivity contribution in [2.75, 3.05) is 49.4 Å². The monoisotopic (exact) mass is 472 g/mol. The number of anilines is 3. The molecule has 1 N–H and O–H groups in total. The lowest BCUT2D eigenvalue weighted by Crippen LogP contribution is -2.56. The number of ether oxygens (including phenoxy) is 1. The molecule has 0 bridgehead atoms. The number of sulfonamides is 1. The minimum atomic E-state index is -3.71. The number of nitrogens with zero attached hydrogens (tertiary/aromatic N) is 3. The van der Waals surface area contributed by atoms with Gasteiger partial charge in [0.2, 0.25) is 21.8 Å². The molecule has 0 spiro atoms. The van der Waals surface area contributed by atoms with Crippen LogP contribution in [0.3, 0.4) is 0 Å². The normalized spacial score (nSPS) is 18.1. The Labute approximate surface area is 194 Å². The number of hydrogen-bond acceptors (Lipinski definition) is 6. The Kier molecular flexibility index (Phi) is 6.31. The van der Waals surface area contributed by atoms with Gasteiger partial charge in [-0.2, -0.15) is 0 Å². The highest BCUT2D eigenvalue weighted by molar-refractivity contribution is 7.89. The van der Waals surface area contributed by atoms with E-state index in [0.717, 1.165) is 22.8 Å². The second-order valence-electron chi connectivity index (χ2n) is 8.32. The molecule has 1 fully saturated rings. The van der Waals surface area contributed by atoms with Crippen LogP contribution in [0.4, 0.5) is 17.1 Å². The third-order valence-electron chi connectivity index (χ3n) is 6.06. The minimum Gasteiger partial charge on any atom is -0.495 e. The number of piperidine rings is 1. The number of benzene rings is 2. The van der Waals surface area contributed by atoms with Crippen molar-refractivity contribution in [3.8, 4) is 5.75 Å². The van der Waals surface area contributed by atoms with Crippen molar-refractivity contribution < 1.29 is 22.7 Å². The van der Waals surface area contributed by atoms with E-state index in [9.17, 15) is 18.0 Å². The van der Waals surface area contributed by atoms with Gasteiger partial charge in [0.1, 0.15) is 18.3 Å². The molecule has 2 aliphatic heterocycles. The molecule has 2 aromatic carbocycles. The van der Waals surface area contributed by atoms with Crippen molar-refractivity contribution in [1.29, 1.82) is 0 Å². The molecular weight excluding hydrogens is 444 g/mol. The summed E-state index contributed by atoms with van der Waals surface area (Å²) >= 11 is 0. The van der Waals surface area contributed by atoms with Crippen molar-refractivity contribution in [3.05, 3.63) is 42.5 Å². The van der Waals surface area contributed by atoms with Crippen LogP contribution >= 0.6 is 0 Å². The lowest BCUT2D eigenvalue weighted by molar-refractivity contribution is -0.123. The maximum Gasteiger partial charge on any atom is 0.250 e. The van der Waals surface area contributed by atoms with Crippen LogP contribution in [0.5, 0.6) is 5.75 Å². The van der Waals surface area contributed by atoms with Crippen molar-refractivity contribution >= 4 is 38.9 Å². The van der Waals surface area contributed by atoms with Crippen LogP contribution in [0.1, 0.15) is 19.3 Å². The fraction of sp³-hybridized carbons (Fsp3) is 0.391. The van der Waals surface area contributed by atoms with Gasteiger partial charge in [-0.25, -0.2) is 12.7 Å². The summed E-state index contributed by atoms with van der Waals surface area (Å²) in [4.78, 5) is 29.9. The number of rotatable bonds is 6. The van der Waals surface area contributed by atoms with E-state index in [2.05, 4.69) is 5.32 Å². The van der Waals surface area contributed by atoms with Crippen molar-refractivity contribution in [2.45, 2.75) is 30.2 Å². The zero-order chi connectivity index (χ0) is 23.8. The third kappa shape index (κ3) is 4.28. The Morgan fingerprint density at radius 3 is 2.64 bits per heavy atom. The highest BCUT2D eigenvalue weighted by atomic mass is 32.2. The summed E-state index contributed by atoms with van der Waals surface area (Å²) in [6, 6.07) is 11.4. The van der Waals surface area contributed by atoms with E-state index in [4.69, 9.17) is 4.74 Å². The first-order chi connectivity index (χ1) is 15.7. The molecular formula is C23H28N4O5S. The number of methoxy groups -OCH3 is 1. The molecule has 0 aromatic heterocycles. The van der Waals surface area contributed by atoms with Gasteiger partial charge >= 0.3 is 0 Å². The topological polar surface area (TPSA) is 99.3 Å². The molecule has 10 heteroatoms. The van der Waals surface area contributed by atoms with Gasteiger partial charge in [-0.05, 0) is 49.6 Å². The smallest absolute Gasteiger partial charge is 0.250 e. The number of fused-ring (bicyclic) bond motifs is 3. The van der Waals surface area contributed by atoms with E-state index in [1.165, 1.54) is 32.2 Å². The molecule has 2 aliphatic rings. The van der Waals surface area contributed by atoms with E-state index in [0.29, 0.717) is 30.1 Å². The number of carbonyl (C=O) groups excluding carboxylic acids is 2. The van der Waals surface area contributed by atoms with Crippen molar-refractivity contribution in [1.82, 2.24) is 4.31 Å². The Morgan fingerprint density at radius 1 is 1.15 bits per heavy atom. The van der Waals surface area contributed by atoms with Crippen LogP contribution in [0, 0.1) is 0 Å². The van der Waals surface area contributed by atoms with E-state index >= 15 is 0 Å². The maximum atomic E-state index is 13.4. The summed E-state index contributed by atoms with van der Waals surface area (Å²) in [5.41, 5.74) is 1.69. The van der Waals surface area contributed by atoms with Crippen molar-refractivity contribution in [2.24, 2.45) is 0 Å². The van der Waals surface area contributed by atoms with Gasteiger partial charge in [0, 0.05) is 20.6 Å². The average Bonchev–Trinajstić information content (AvgIpc) is 2.81. The van der Waals surface area contributed by atoms with E-state index in [1.807, 2.05) is 4.90 Å². The van der Waals surface area contributed by atoms with Gasteiger partial charge < -0.3 is 15.0 Å². The molecule has 33 heavy (non-hydrogen) atoms. The molecule has 0 saturated carbocycles. The zero-order valence-electron chi connectivity index (χ0n) is 18.9. The summed E-state index contributed by atoms with van der Waals surface area (Å²) in [5, 5.41) is 2.80. The predicted molar refractivity (Wildman–Crippen MR) is 126 cm³/mol. The summed E-state index contributed by atoms with van der Waals surface area (Å²) in [7, 11) is 0.722. The zero-order valence-corrected chi connectivity index (χ0v) is 19.8. The molecule has 2 heterocycles. The molecule has 1 atom stereocenters. The summed E-state index contributed by atoms with van der Waals surface area (Å²) in [6.45, 7) is 0.476. The Morgan fingerprint density at radius 2 is 1.91 bits per heavy atom. The minimum absolute atomic E-state index is 0.0737. The first kappa shape index (κ1) is 23.1. The van der Waals surface area contributed by atoms with E-state index in [1.54, 1.807) is 36.4 Å². The van der Waals surface area contributed by atoms with Crippen LogP contribution in [-0.4, -0.2) is 64.9 Å². The van der Waals surface area contributed by atoms with Crippen LogP contribution in [0.15, 0.2) is 47.4 Å². The molecule has 2 aromatic rings. The fourth-order valence-electron chi connectivity index (χ4n) is 4.35. The summed E-state index contributed by atoms with van der Waals surface area (Å²) < 4.78 is 31.9. The highest BCUT2D eigenvalue weighted by Gasteiger charge is 2.40. The largest absolute Gasteiger partial charge is 0.495 e. The second kappa shape index (κ2) is 9.03. The van der Waals surface area contributed by atoms with Gasteiger partial charge in [0.05, 0.1) is 29.1 Å². The number of hydrogen-bond donors (Lipinski definition) is 1. The van der Waals surface area contributed by atoms with E-state index in [-0.39, 0.29) is 23.4 Å². The van der Waals surface area contributed by atoms with Gasteiger partial charge in [0.25, 0.3) is 0 Å². The predicted octanol–water partition coefficient (Wildman–Crippen LogP) is 2.29. The Balaban J connectivity index is 1.71. The van der Waals surface area contributed by atoms with Crippen LogP contribution in [0.2, 0.25) is 0 Å². The molecule has 0 radical (unpaired) electrons. The Hall–Kier alpha value is -3.11. The summed E-state index contributed by atoms with van der Waals surface area (Å²) in [6.07, 6.45) is 2.58. The standard InChI is InChI=1S/C23H28N4O5S/c1-25(2)33(30,31)16-11-12-18-20(14-16)27(23(29)19-9-6-7-13-26(18)19)15-22(28)24-17-8-4-5-10-21(17)32-3/h4-5,8,10-12,14,19H,6-7,9,13,15H2,1-3H3,(H,24,28)/t19-/m0/s1. The second-order valence-corrected chi connectivity index (χ2v) is 10.5. The number of nitrogens with one attached hydrogen (secondary N) is 1. The van der Waals surface area contributed by atoms with Gasteiger partial charge in [-0.1, -0.05) is 12.1 Å². The average molecular weight is 473 g/mol. The number of carbonyl (C=O) groups is 2. The number of amides is 2. The van der Waals surface area contributed by atoms with Crippen molar-refractivity contribution in [3.63, 3.8) is 0 Å². The van der Waals surface area contributed by atoms with Crippen LogP contribution < -0.4 is 19.9 Å². The highest BCUT2D eigenvalue weighted by Crippen LogP contribution is 2.41. The fourth-order valence-corrected chi connectivity index (χ4v) is 5.28. The molecule has 176 valence electrons. The third-order valence-corrected chi connectivity index (χ3v) is 7.87. The van der Waals surface area contributed by atoms with Gasteiger partial charge in [0.15, 0.2) is 0 Å². The van der Waals surface area contributed by atoms with Crippen LogP contribution in [0.25, 0.3) is 0 Å². The first-order valence-electron chi connectivity index (χ1n) is 10.8. The lowest BCUT2D eigenvalue weighted by atomic mass is 9.96. The molecule has 9 nitrogen and oxygen atoms in total. The first-order valence-corrected chi connectivity index (χ1v) is 12.3. The lowest BCUT2D eigenvalue weighted by Gasteiger charge is -2.45. The SMILES string of the molecule is COc1ccccc1NC(=O)CN1C(=O)[C@@H]2CCCCN2c2ccc(S(=O)(=O)N(C)C)cc21. The number of para-hydroxylation sites is 2. The molecule has 2 amide bonds.